The predicted molar refractivity (Wildman–Crippen MR) is 110 cm³/mol. The van der Waals surface area contributed by atoms with Crippen molar-refractivity contribution in [3.8, 4) is 11.3 Å². The molecule has 0 unspecified atom stereocenters. The van der Waals surface area contributed by atoms with Crippen LogP contribution in [0.4, 0.5) is 4.79 Å². The van der Waals surface area contributed by atoms with E-state index in [0.29, 0.717) is 18.5 Å². The van der Waals surface area contributed by atoms with E-state index >= 15 is 0 Å². The number of urea groups is 1. The molecule has 0 radical (unpaired) electrons. The van der Waals surface area contributed by atoms with Crippen LogP contribution in [0.25, 0.3) is 11.3 Å². The maximum atomic E-state index is 12.1. The summed E-state index contributed by atoms with van der Waals surface area (Å²) in [6.07, 6.45) is 6.30. The number of hydrogen-bond acceptors (Lipinski definition) is 2. The molecular weight excluding hydrogens is 336 g/mol. The Morgan fingerprint density at radius 3 is 2.56 bits per heavy atom. The molecule has 5 heteroatoms. The molecule has 1 atom stereocenters. The zero-order valence-electron chi connectivity index (χ0n) is 16.8. The highest BCUT2D eigenvalue weighted by Gasteiger charge is 2.27. The number of nitrogens with zero attached hydrogens (tertiary/aromatic N) is 3. The van der Waals surface area contributed by atoms with Crippen LogP contribution in [0, 0.1) is 0 Å². The highest BCUT2D eigenvalue weighted by Crippen LogP contribution is 2.35. The molecule has 2 aromatic rings. The molecule has 1 aliphatic rings. The van der Waals surface area contributed by atoms with Crippen molar-refractivity contribution in [2.75, 3.05) is 19.6 Å². The summed E-state index contributed by atoms with van der Waals surface area (Å²) in [7, 11) is 0. The van der Waals surface area contributed by atoms with Gasteiger partial charge in [-0.3, -0.25) is 0 Å². The number of amides is 2. The molecule has 0 bridgehead atoms. The Morgan fingerprint density at radius 1 is 1.22 bits per heavy atom. The largest absolute Gasteiger partial charge is 0.338 e. The van der Waals surface area contributed by atoms with Gasteiger partial charge in [-0.15, -0.1) is 0 Å². The van der Waals surface area contributed by atoms with E-state index in [0.717, 1.165) is 44.5 Å². The summed E-state index contributed by atoms with van der Waals surface area (Å²) in [5.41, 5.74) is 3.65. The average Bonchev–Trinajstić information content (AvgIpc) is 3.14. The van der Waals surface area contributed by atoms with Crippen LogP contribution in [-0.4, -0.2) is 40.1 Å². The number of likely N-dealkylation sites (tertiary alicyclic amines) is 1. The molecule has 1 aliphatic heterocycles. The number of carbonyl (C=O) groups is 1. The monoisotopic (exact) mass is 368 g/mol. The maximum absolute atomic E-state index is 12.1. The molecule has 1 aromatic carbocycles. The van der Waals surface area contributed by atoms with E-state index in [2.05, 4.69) is 48.0 Å². The van der Waals surface area contributed by atoms with Gasteiger partial charge in [-0.2, -0.15) is 0 Å². The Hall–Kier alpha value is -2.30. The minimum absolute atomic E-state index is 0.0612. The fraction of sp³-hybridized carbons (Fsp3) is 0.545. The normalized spacial score (nSPS) is 16.3. The van der Waals surface area contributed by atoms with Crippen molar-refractivity contribution < 1.29 is 4.79 Å². The third-order valence-electron chi connectivity index (χ3n) is 5.54. The number of nitrogens with one attached hydrogen (secondary N) is 1. The van der Waals surface area contributed by atoms with E-state index in [1.54, 1.807) is 0 Å². The van der Waals surface area contributed by atoms with Crippen molar-refractivity contribution in [3.05, 3.63) is 42.4 Å². The Labute approximate surface area is 162 Å². The van der Waals surface area contributed by atoms with Crippen LogP contribution in [0.3, 0.4) is 0 Å². The van der Waals surface area contributed by atoms with Gasteiger partial charge in [0, 0.05) is 36.9 Å². The van der Waals surface area contributed by atoms with Gasteiger partial charge in [0.1, 0.15) is 0 Å². The lowest BCUT2D eigenvalue weighted by molar-refractivity contribution is 0.171. The van der Waals surface area contributed by atoms with Crippen LogP contribution in [0.2, 0.25) is 0 Å². The molecule has 0 saturated carbocycles. The zero-order valence-corrected chi connectivity index (χ0v) is 16.8. The first-order valence-corrected chi connectivity index (χ1v) is 10.3. The summed E-state index contributed by atoms with van der Waals surface area (Å²) in [6, 6.07) is 11.0. The quantitative estimate of drug-likeness (QED) is 0.795. The SMILES string of the molecule is CCC[C@@H](C)c1c(-c2ccccc2)ncn1C1CCN(C(=O)NCC)CC1. The van der Waals surface area contributed by atoms with E-state index in [9.17, 15) is 4.79 Å². The molecular formula is C22H32N4O. The van der Waals surface area contributed by atoms with Crippen LogP contribution in [-0.2, 0) is 0 Å². The zero-order chi connectivity index (χ0) is 19.2. The van der Waals surface area contributed by atoms with Crippen LogP contribution in [0.15, 0.2) is 36.7 Å². The molecule has 1 aromatic heterocycles. The number of hydrogen-bond donors (Lipinski definition) is 1. The molecule has 2 amide bonds. The molecule has 146 valence electrons. The molecule has 0 aliphatic carbocycles. The summed E-state index contributed by atoms with van der Waals surface area (Å²) in [5, 5.41) is 2.91. The first kappa shape index (κ1) is 19.5. The van der Waals surface area contributed by atoms with Crippen molar-refractivity contribution >= 4 is 6.03 Å². The van der Waals surface area contributed by atoms with Crippen molar-refractivity contribution in [2.45, 2.75) is 58.4 Å². The van der Waals surface area contributed by atoms with Gasteiger partial charge < -0.3 is 14.8 Å². The molecule has 1 saturated heterocycles. The van der Waals surface area contributed by atoms with Crippen molar-refractivity contribution in [1.82, 2.24) is 19.8 Å². The summed E-state index contributed by atoms with van der Waals surface area (Å²) >= 11 is 0. The van der Waals surface area contributed by atoms with Gasteiger partial charge in [0.25, 0.3) is 0 Å². The Kier molecular flexibility index (Phi) is 6.54. The summed E-state index contributed by atoms with van der Waals surface area (Å²) < 4.78 is 2.40. The van der Waals surface area contributed by atoms with Crippen molar-refractivity contribution in [1.29, 1.82) is 0 Å². The minimum Gasteiger partial charge on any atom is -0.338 e. The highest BCUT2D eigenvalue weighted by molar-refractivity contribution is 5.74. The number of carbonyl (C=O) groups excluding carboxylic acids is 1. The highest BCUT2D eigenvalue weighted by atomic mass is 16.2. The fourth-order valence-corrected chi connectivity index (χ4v) is 4.15. The first-order chi connectivity index (χ1) is 13.2. The Bertz CT molecular complexity index is 732. The lowest BCUT2D eigenvalue weighted by Crippen LogP contribution is -2.44. The number of piperidine rings is 1. The number of aromatic nitrogens is 2. The molecule has 1 fully saturated rings. The topological polar surface area (TPSA) is 50.2 Å². The van der Waals surface area contributed by atoms with Crippen molar-refractivity contribution in [3.63, 3.8) is 0 Å². The molecule has 1 N–H and O–H groups in total. The molecule has 3 rings (SSSR count). The van der Waals surface area contributed by atoms with Crippen molar-refractivity contribution in [2.24, 2.45) is 0 Å². The first-order valence-electron chi connectivity index (χ1n) is 10.3. The van der Waals surface area contributed by atoms with Gasteiger partial charge in [0.2, 0.25) is 0 Å². The fourth-order valence-electron chi connectivity index (χ4n) is 4.15. The van der Waals surface area contributed by atoms with Crippen LogP contribution < -0.4 is 5.32 Å². The van der Waals surface area contributed by atoms with Gasteiger partial charge in [0.05, 0.1) is 12.0 Å². The second-order valence-electron chi connectivity index (χ2n) is 7.50. The molecule has 27 heavy (non-hydrogen) atoms. The van der Waals surface area contributed by atoms with E-state index in [1.807, 2.05) is 24.2 Å². The second-order valence-corrected chi connectivity index (χ2v) is 7.50. The van der Waals surface area contributed by atoms with Crippen LogP contribution in [0.1, 0.15) is 64.1 Å². The van der Waals surface area contributed by atoms with E-state index in [-0.39, 0.29) is 6.03 Å². The summed E-state index contributed by atoms with van der Waals surface area (Å²) in [6.45, 7) is 8.80. The van der Waals surface area contributed by atoms with Crippen LogP contribution >= 0.6 is 0 Å². The van der Waals surface area contributed by atoms with E-state index in [4.69, 9.17) is 4.98 Å². The van der Waals surface area contributed by atoms with Gasteiger partial charge in [0.15, 0.2) is 0 Å². The average molecular weight is 369 g/mol. The molecule has 0 spiro atoms. The van der Waals surface area contributed by atoms with E-state index < -0.39 is 0 Å². The lowest BCUT2D eigenvalue weighted by Gasteiger charge is -2.34. The standard InChI is InChI=1S/C22H32N4O/c1-4-9-17(3)21-20(18-10-7-6-8-11-18)24-16-26(21)19-12-14-25(15-13-19)22(27)23-5-2/h6-8,10-11,16-17,19H,4-5,9,12-15H2,1-3H3,(H,23,27)/t17-/m1/s1. The van der Waals surface area contributed by atoms with E-state index in [1.165, 1.54) is 11.3 Å². The Balaban J connectivity index is 1.84. The third kappa shape index (κ3) is 4.34. The number of rotatable bonds is 6. The van der Waals surface area contributed by atoms with Gasteiger partial charge in [-0.05, 0) is 32.1 Å². The van der Waals surface area contributed by atoms with Gasteiger partial charge >= 0.3 is 6.03 Å². The predicted octanol–water partition coefficient (Wildman–Crippen LogP) is 4.82. The molecule has 5 nitrogen and oxygen atoms in total. The molecule has 2 heterocycles. The maximum Gasteiger partial charge on any atom is 0.317 e. The van der Waals surface area contributed by atoms with Gasteiger partial charge in [-0.25, -0.2) is 9.78 Å². The smallest absolute Gasteiger partial charge is 0.317 e. The second kappa shape index (κ2) is 9.07. The Morgan fingerprint density at radius 2 is 1.93 bits per heavy atom. The number of benzene rings is 1. The lowest BCUT2D eigenvalue weighted by atomic mass is 9.95. The number of imidazole rings is 1. The minimum atomic E-state index is 0.0612. The van der Waals surface area contributed by atoms with Crippen LogP contribution in [0.5, 0.6) is 0 Å². The summed E-state index contributed by atoms with van der Waals surface area (Å²) in [5.74, 6) is 0.467. The summed E-state index contributed by atoms with van der Waals surface area (Å²) in [4.78, 5) is 18.8. The van der Waals surface area contributed by atoms with Gasteiger partial charge in [-0.1, -0.05) is 50.6 Å². The third-order valence-corrected chi connectivity index (χ3v) is 5.54.